The van der Waals surface area contributed by atoms with Crippen LogP contribution in [0, 0.1) is 5.92 Å². The number of ketones is 1. The molecule has 0 atom stereocenters. The monoisotopic (exact) mass is 250 g/mol. The minimum Gasteiger partial charge on any atom is -0.497 e. The number of hydrogen-bond acceptors (Lipinski definition) is 3. The SMILES string of the molecule is COc1ccc(OCCCC(=O)CC(C)C)cc1. The molecule has 0 saturated carbocycles. The van der Waals surface area contributed by atoms with Crippen LogP contribution < -0.4 is 9.47 Å². The third-order valence-electron chi connectivity index (χ3n) is 2.56. The molecule has 0 heterocycles. The van der Waals surface area contributed by atoms with E-state index in [2.05, 4.69) is 13.8 Å². The zero-order chi connectivity index (χ0) is 13.4. The van der Waals surface area contributed by atoms with E-state index in [1.165, 1.54) is 0 Å². The highest BCUT2D eigenvalue weighted by Crippen LogP contribution is 2.17. The number of carbonyl (C=O) groups is 1. The van der Waals surface area contributed by atoms with E-state index in [0.29, 0.717) is 31.1 Å². The Morgan fingerprint density at radius 3 is 2.33 bits per heavy atom. The summed E-state index contributed by atoms with van der Waals surface area (Å²) in [6.45, 7) is 4.70. The number of hydrogen-bond donors (Lipinski definition) is 0. The molecule has 0 amide bonds. The van der Waals surface area contributed by atoms with Gasteiger partial charge in [-0.3, -0.25) is 4.79 Å². The van der Waals surface area contributed by atoms with Gasteiger partial charge in [-0.2, -0.15) is 0 Å². The van der Waals surface area contributed by atoms with Crippen molar-refractivity contribution < 1.29 is 14.3 Å². The number of ether oxygens (including phenoxy) is 2. The molecule has 3 heteroatoms. The Balaban J connectivity index is 2.19. The Morgan fingerprint density at radius 2 is 1.78 bits per heavy atom. The van der Waals surface area contributed by atoms with Crippen LogP contribution >= 0.6 is 0 Å². The van der Waals surface area contributed by atoms with Crippen molar-refractivity contribution in [2.45, 2.75) is 33.1 Å². The second-order valence-electron chi connectivity index (χ2n) is 4.76. The van der Waals surface area contributed by atoms with Gasteiger partial charge in [-0.15, -0.1) is 0 Å². The predicted molar refractivity (Wildman–Crippen MR) is 72.2 cm³/mol. The van der Waals surface area contributed by atoms with Gasteiger partial charge in [0.25, 0.3) is 0 Å². The molecule has 1 aromatic rings. The molecule has 0 aromatic heterocycles. The summed E-state index contributed by atoms with van der Waals surface area (Å²) in [5.41, 5.74) is 0. The Bertz CT molecular complexity index is 355. The van der Waals surface area contributed by atoms with Gasteiger partial charge in [0.1, 0.15) is 17.3 Å². The largest absolute Gasteiger partial charge is 0.497 e. The second kappa shape index (κ2) is 7.75. The summed E-state index contributed by atoms with van der Waals surface area (Å²) >= 11 is 0. The molecule has 0 aliphatic carbocycles. The van der Waals surface area contributed by atoms with Gasteiger partial charge < -0.3 is 9.47 Å². The molecule has 18 heavy (non-hydrogen) atoms. The lowest BCUT2D eigenvalue weighted by Gasteiger charge is -2.07. The van der Waals surface area contributed by atoms with Crippen LogP contribution in [-0.4, -0.2) is 19.5 Å². The van der Waals surface area contributed by atoms with E-state index in [1.54, 1.807) is 7.11 Å². The van der Waals surface area contributed by atoms with Crippen LogP contribution in [0.3, 0.4) is 0 Å². The lowest BCUT2D eigenvalue weighted by atomic mass is 10.0. The van der Waals surface area contributed by atoms with Gasteiger partial charge in [-0.1, -0.05) is 13.8 Å². The van der Waals surface area contributed by atoms with Crippen LogP contribution in [0.1, 0.15) is 33.1 Å². The predicted octanol–water partition coefficient (Wildman–Crippen LogP) is 3.47. The Kier molecular flexibility index (Phi) is 6.26. The first-order valence-electron chi connectivity index (χ1n) is 6.40. The topological polar surface area (TPSA) is 35.5 Å². The van der Waals surface area contributed by atoms with Gasteiger partial charge in [-0.25, -0.2) is 0 Å². The molecule has 3 nitrogen and oxygen atoms in total. The smallest absolute Gasteiger partial charge is 0.133 e. The van der Waals surface area contributed by atoms with E-state index >= 15 is 0 Å². The van der Waals surface area contributed by atoms with E-state index in [9.17, 15) is 4.79 Å². The molecular formula is C15H22O3. The van der Waals surface area contributed by atoms with Crippen LogP contribution in [0.4, 0.5) is 0 Å². The zero-order valence-corrected chi connectivity index (χ0v) is 11.4. The average molecular weight is 250 g/mol. The molecule has 0 fully saturated rings. The summed E-state index contributed by atoms with van der Waals surface area (Å²) in [5.74, 6) is 2.39. The highest BCUT2D eigenvalue weighted by Gasteiger charge is 2.04. The van der Waals surface area contributed by atoms with Gasteiger partial charge in [0, 0.05) is 12.8 Å². The van der Waals surface area contributed by atoms with Crippen molar-refractivity contribution in [3.8, 4) is 11.5 Å². The van der Waals surface area contributed by atoms with E-state index in [4.69, 9.17) is 9.47 Å². The molecule has 1 rings (SSSR count). The first-order chi connectivity index (χ1) is 8.61. The highest BCUT2D eigenvalue weighted by atomic mass is 16.5. The van der Waals surface area contributed by atoms with Crippen LogP contribution in [0.5, 0.6) is 11.5 Å². The lowest BCUT2D eigenvalue weighted by molar-refractivity contribution is -0.119. The van der Waals surface area contributed by atoms with E-state index in [1.807, 2.05) is 24.3 Å². The highest BCUT2D eigenvalue weighted by molar-refractivity contribution is 5.78. The van der Waals surface area contributed by atoms with Gasteiger partial charge in [0.2, 0.25) is 0 Å². The molecule has 0 saturated heterocycles. The van der Waals surface area contributed by atoms with Crippen molar-refractivity contribution in [1.82, 2.24) is 0 Å². The quantitative estimate of drug-likeness (QED) is 0.663. The number of benzene rings is 1. The number of methoxy groups -OCH3 is 1. The maximum atomic E-state index is 11.5. The minimum atomic E-state index is 0.323. The standard InChI is InChI=1S/C15H22O3/c1-12(2)11-13(16)5-4-10-18-15-8-6-14(17-3)7-9-15/h6-9,12H,4-5,10-11H2,1-3H3. The van der Waals surface area contributed by atoms with Crippen LogP contribution in [0.15, 0.2) is 24.3 Å². The fourth-order valence-electron chi connectivity index (χ4n) is 1.69. The Hall–Kier alpha value is -1.51. The third kappa shape index (κ3) is 5.71. The zero-order valence-electron chi connectivity index (χ0n) is 11.4. The Labute approximate surface area is 109 Å². The molecule has 0 aliphatic rings. The van der Waals surface area contributed by atoms with Gasteiger partial charge >= 0.3 is 0 Å². The number of rotatable bonds is 8. The normalized spacial score (nSPS) is 10.4. The van der Waals surface area contributed by atoms with Crippen molar-refractivity contribution in [3.63, 3.8) is 0 Å². The van der Waals surface area contributed by atoms with E-state index in [0.717, 1.165) is 17.9 Å². The van der Waals surface area contributed by atoms with Crippen molar-refractivity contribution in [2.24, 2.45) is 5.92 Å². The summed E-state index contributed by atoms with van der Waals surface area (Å²) in [5, 5.41) is 0. The maximum Gasteiger partial charge on any atom is 0.133 e. The molecule has 0 unspecified atom stereocenters. The van der Waals surface area contributed by atoms with Crippen molar-refractivity contribution in [3.05, 3.63) is 24.3 Å². The van der Waals surface area contributed by atoms with Crippen molar-refractivity contribution in [1.29, 1.82) is 0 Å². The van der Waals surface area contributed by atoms with Crippen LogP contribution in [0.25, 0.3) is 0 Å². The third-order valence-corrected chi connectivity index (χ3v) is 2.56. The molecule has 0 radical (unpaired) electrons. The molecular weight excluding hydrogens is 228 g/mol. The van der Waals surface area contributed by atoms with Crippen LogP contribution in [-0.2, 0) is 4.79 Å². The molecule has 0 N–H and O–H groups in total. The first kappa shape index (κ1) is 14.6. The number of carbonyl (C=O) groups excluding carboxylic acids is 1. The molecule has 100 valence electrons. The first-order valence-corrected chi connectivity index (χ1v) is 6.40. The fraction of sp³-hybridized carbons (Fsp3) is 0.533. The van der Waals surface area contributed by atoms with Crippen molar-refractivity contribution >= 4 is 5.78 Å². The number of Topliss-reactive ketones (excluding diaryl/α,β-unsaturated/α-hetero) is 1. The summed E-state index contributed by atoms with van der Waals surface area (Å²) < 4.78 is 10.6. The fourth-order valence-corrected chi connectivity index (χ4v) is 1.69. The lowest BCUT2D eigenvalue weighted by Crippen LogP contribution is -2.05. The minimum absolute atomic E-state index is 0.323. The van der Waals surface area contributed by atoms with E-state index < -0.39 is 0 Å². The molecule has 1 aromatic carbocycles. The average Bonchev–Trinajstić information content (AvgIpc) is 2.34. The van der Waals surface area contributed by atoms with Gasteiger partial charge in [0.15, 0.2) is 0 Å². The molecule has 0 bridgehead atoms. The van der Waals surface area contributed by atoms with Gasteiger partial charge in [0.05, 0.1) is 13.7 Å². The summed E-state index contributed by atoms with van der Waals surface area (Å²) in [6, 6.07) is 7.46. The maximum absolute atomic E-state index is 11.5. The summed E-state index contributed by atoms with van der Waals surface area (Å²) in [4.78, 5) is 11.5. The van der Waals surface area contributed by atoms with Gasteiger partial charge in [-0.05, 0) is 36.6 Å². The molecule has 0 aliphatic heterocycles. The van der Waals surface area contributed by atoms with E-state index in [-0.39, 0.29) is 0 Å². The second-order valence-corrected chi connectivity index (χ2v) is 4.76. The van der Waals surface area contributed by atoms with Crippen molar-refractivity contribution in [2.75, 3.05) is 13.7 Å². The summed E-state index contributed by atoms with van der Waals surface area (Å²) in [7, 11) is 1.64. The Morgan fingerprint density at radius 1 is 1.17 bits per heavy atom. The summed E-state index contributed by atoms with van der Waals surface area (Å²) in [6.07, 6.45) is 2.05. The molecule has 0 spiro atoms. The van der Waals surface area contributed by atoms with Crippen LogP contribution in [0.2, 0.25) is 0 Å².